The van der Waals surface area contributed by atoms with Crippen LogP contribution in [0.4, 0.5) is 0 Å². The van der Waals surface area contributed by atoms with Crippen LogP contribution in [0.5, 0.6) is 0 Å². The molecule has 0 saturated heterocycles. The van der Waals surface area contributed by atoms with Gasteiger partial charge in [0, 0.05) is 20.8 Å². The summed E-state index contributed by atoms with van der Waals surface area (Å²) in [5, 5.41) is 1.30. The van der Waals surface area contributed by atoms with E-state index in [1.54, 1.807) is 0 Å². The van der Waals surface area contributed by atoms with Crippen molar-refractivity contribution in [2.24, 2.45) is 7.05 Å². The first-order chi connectivity index (χ1) is 6.50. The van der Waals surface area contributed by atoms with Gasteiger partial charge < -0.3 is 0 Å². The molecule has 0 aliphatic heterocycles. The molecular weight excluding hydrogens is 172 g/mol. The molecule has 0 spiro atoms. The summed E-state index contributed by atoms with van der Waals surface area (Å²) in [7, 11) is 2.10. The Morgan fingerprint density at radius 1 is 1.14 bits per heavy atom. The highest BCUT2D eigenvalue weighted by Crippen LogP contribution is 2.13. The number of aromatic nitrogens is 2. The fourth-order valence-electron chi connectivity index (χ4n) is 1.87. The van der Waals surface area contributed by atoms with E-state index >= 15 is 0 Å². The lowest BCUT2D eigenvalue weighted by Gasteiger charge is -2.11. The summed E-state index contributed by atoms with van der Waals surface area (Å²) >= 11 is 0. The summed E-state index contributed by atoms with van der Waals surface area (Å²) < 4.78 is 4.47. The van der Waals surface area contributed by atoms with Crippen LogP contribution < -0.4 is 4.68 Å². The SMILES string of the molecule is Cn1c2ccccc2c[n+]1C(C)(C)C. The molecule has 0 radical (unpaired) electrons. The van der Waals surface area contributed by atoms with Crippen LogP contribution in [0.3, 0.4) is 0 Å². The van der Waals surface area contributed by atoms with E-state index in [0.717, 1.165) is 0 Å². The Kier molecular flexibility index (Phi) is 1.88. The smallest absolute Gasteiger partial charge is 0.156 e. The van der Waals surface area contributed by atoms with Gasteiger partial charge in [0.2, 0.25) is 6.20 Å². The maximum Gasteiger partial charge on any atom is 0.204 e. The number of benzene rings is 1. The van der Waals surface area contributed by atoms with Crippen molar-refractivity contribution in [1.29, 1.82) is 0 Å². The predicted octanol–water partition coefficient (Wildman–Crippen LogP) is 2.22. The minimum atomic E-state index is 0.133. The van der Waals surface area contributed by atoms with Crippen molar-refractivity contribution in [3.63, 3.8) is 0 Å². The number of rotatable bonds is 0. The summed E-state index contributed by atoms with van der Waals surface area (Å²) in [5.41, 5.74) is 1.41. The molecule has 2 aromatic rings. The fourth-order valence-corrected chi connectivity index (χ4v) is 1.87. The van der Waals surface area contributed by atoms with E-state index in [9.17, 15) is 0 Å². The molecule has 1 aromatic carbocycles. The van der Waals surface area contributed by atoms with Gasteiger partial charge in [-0.25, -0.2) is 0 Å². The fraction of sp³-hybridized carbons (Fsp3) is 0.417. The van der Waals surface area contributed by atoms with Gasteiger partial charge >= 0.3 is 0 Å². The zero-order valence-electron chi connectivity index (χ0n) is 9.28. The maximum absolute atomic E-state index is 2.26. The quantitative estimate of drug-likeness (QED) is 0.562. The van der Waals surface area contributed by atoms with Crippen molar-refractivity contribution in [3.05, 3.63) is 30.5 Å². The van der Waals surface area contributed by atoms with Crippen LogP contribution in [0.15, 0.2) is 30.5 Å². The normalized spacial score (nSPS) is 12.3. The van der Waals surface area contributed by atoms with E-state index in [0.29, 0.717) is 0 Å². The highest BCUT2D eigenvalue weighted by molar-refractivity contribution is 5.77. The van der Waals surface area contributed by atoms with Crippen LogP contribution in [0.2, 0.25) is 0 Å². The molecule has 1 aromatic heterocycles. The third-order valence-corrected chi connectivity index (χ3v) is 2.56. The Morgan fingerprint density at radius 2 is 1.79 bits per heavy atom. The van der Waals surface area contributed by atoms with Crippen molar-refractivity contribution >= 4 is 10.9 Å². The number of para-hydroxylation sites is 1. The molecule has 1 heterocycles. The molecule has 74 valence electrons. The third-order valence-electron chi connectivity index (χ3n) is 2.56. The molecule has 0 fully saturated rings. The summed E-state index contributed by atoms with van der Waals surface area (Å²) in [6.45, 7) is 6.64. The van der Waals surface area contributed by atoms with Crippen LogP contribution in [0, 0.1) is 0 Å². The number of fused-ring (bicyclic) bond motifs is 1. The van der Waals surface area contributed by atoms with Crippen LogP contribution in [0.25, 0.3) is 10.9 Å². The Hall–Kier alpha value is -1.31. The lowest BCUT2D eigenvalue weighted by atomic mass is 10.1. The number of hydrogen-bond donors (Lipinski definition) is 0. The maximum atomic E-state index is 2.26. The molecule has 0 aliphatic rings. The van der Waals surface area contributed by atoms with Gasteiger partial charge in [-0.1, -0.05) is 12.1 Å². The van der Waals surface area contributed by atoms with Gasteiger partial charge in [-0.15, -0.1) is 4.68 Å². The van der Waals surface area contributed by atoms with Crippen molar-refractivity contribution in [1.82, 2.24) is 4.68 Å². The second-order valence-corrected chi connectivity index (χ2v) is 4.73. The van der Waals surface area contributed by atoms with Gasteiger partial charge in [-0.05, 0) is 12.1 Å². The average Bonchev–Trinajstić information content (AvgIpc) is 2.44. The van der Waals surface area contributed by atoms with Crippen molar-refractivity contribution < 1.29 is 4.68 Å². The lowest BCUT2D eigenvalue weighted by Crippen LogP contribution is -2.55. The second-order valence-electron chi connectivity index (χ2n) is 4.73. The van der Waals surface area contributed by atoms with Gasteiger partial charge in [-0.2, -0.15) is 4.68 Å². The van der Waals surface area contributed by atoms with Gasteiger partial charge in [0.25, 0.3) is 0 Å². The average molecular weight is 189 g/mol. The lowest BCUT2D eigenvalue weighted by molar-refractivity contribution is -0.821. The van der Waals surface area contributed by atoms with Gasteiger partial charge in [0.05, 0.1) is 12.4 Å². The van der Waals surface area contributed by atoms with E-state index < -0.39 is 0 Å². The summed E-state index contributed by atoms with van der Waals surface area (Å²) in [4.78, 5) is 0. The van der Waals surface area contributed by atoms with E-state index in [2.05, 4.69) is 67.6 Å². The largest absolute Gasteiger partial charge is 0.204 e. The van der Waals surface area contributed by atoms with Crippen molar-refractivity contribution in [3.8, 4) is 0 Å². The molecule has 0 atom stereocenters. The molecule has 0 bridgehead atoms. The first-order valence-corrected chi connectivity index (χ1v) is 4.97. The summed E-state index contributed by atoms with van der Waals surface area (Å²) in [6, 6.07) is 8.46. The van der Waals surface area contributed by atoms with Crippen LogP contribution in [-0.4, -0.2) is 4.68 Å². The molecule has 2 rings (SSSR count). The Bertz CT molecular complexity index is 461. The highest BCUT2D eigenvalue weighted by Gasteiger charge is 2.26. The summed E-state index contributed by atoms with van der Waals surface area (Å²) in [6.07, 6.45) is 2.20. The molecule has 14 heavy (non-hydrogen) atoms. The van der Waals surface area contributed by atoms with Crippen LogP contribution in [0.1, 0.15) is 20.8 Å². The molecule has 2 heteroatoms. The molecule has 0 aliphatic carbocycles. The van der Waals surface area contributed by atoms with Crippen molar-refractivity contribution in [2.75, 3.05) is 0 Å². The van der Waals surface area contributed by atoms with Crippen molar-refractivity contribution in [2.45, 2.75) is 26.3 Å². The number of hydrogen-bond acceptors (Lipinski definition) is 0. The van der Waals surface area contributed by atoms with Crippen LogP contribution in [-0.2, 0) is 12.6 Å². The Labute approximate surface area is 84.8 Å². The summed E-state index contributed by atoms with van der Waals surface area (Å²) in [5.74, 6) is 0. The molecule has 0 unspecified atom stereocenters. The first kappa shape index (κ1) is 9.25. The van der Waals surface area contributed by atoms with Gasteiger partial charge in [0.1, 0.15) is 5.52 Å². The van der Waals surface area contributed by atoms with Crippen LogP contribution >= 0.6 is 0 Å². The minimum Gasteiger partial charge on any atom is -0.156 e. The number of aryl methyl sites for hydroxylation is 1. The van der Waals surface area contributed by atoms with E-state index in [1.807, 2.05) is 0 Å². The van der Waals surface area contributed by atoms with Gasteiger partial charge in [0.15, 0.2) is 5.54 Å². The number of nitrogens with zero attached hydrogens (tertiary/aromatic N) is 2. The molecule has 0 N–H and O–H groups in total. The molecule has 0 amide bonds. The topological polar surface area (TPSA) is 8.81 Å². The Morgan fingerprint density at radius 3 is 2.36 bits per heavy atom. The van der Waals surface area contributed by atoms with E-state index in [4.69, 9.17) is 0 Å². The third kappa shape index (κ3) is 1.31. The zero-order valence-corrected chi connectivity index (χ0v) is 9.28. The molecule has 0 saturated carbocycles. The molecule has 2 nitrogen and oxygen atoms in total. The predicted molar refractivity (Wildman–Crippen MR) is 58.1 cm³/mol. The standard InChI is InChI=1S/C12H17N2/c1-12(2,3)14-9-10-7-5-6-8-11(10)13(14)4/h5-9H,1-4H3/q+1. The van der Waals surface area contributed by atoms with E-state index in [-0.39, 0.29) is 5.54 Å². The second kappa shape index (κ2) is 2.84. The van der Waals surface area contributed by atoms with Gasteiger partial charge in [-0.3, -0.25) is 0 Å². The Balaban J connectivity index is 2.75. The minimum absolute atomic E-state index is 0.133. The first-order valence-electron chi connectivity index (χ1n) is 4.97. The monoisotopic (exact) mass is 189 g/mol. The molecular formula is C12H17N2+. The van der Waals surface area contributed by atoms with E-state index in [1.165, 1.54) is 10.9 Å². The zero-order chi connectivity index (χ0) is 10.3. The highest BCUT2D eigenvalue weighted by atomic mass is 15.4.